The number of nitrogens with one attached hydrogen (secondary N) is 2. The van der Waals surface area contributed by atoms with E-state index in [2.05, 4.69) is 51.6 Å². The van der Waals surface area contributed by atoms with Crippen LogP contribution in [0, 0.1) is 0 Å². The molecule has 2 N–H and O–H groups in total. The summed E-state index contributed by atoms with van der Waals surface area (Å²) >= 11 is 2.93. The first-order chi connectivity index (χ1) is 14.2. The zero-order chi connectivity index (χ0) is 20.2. The number of benzene rings is 1. The molecule has 0 fully saturated rings. The minimum Gasteiger partial charge on any atom is -0.361 e. The van der Waals surface area contributed by atoms with Crippen molar-refractivity contribution in [1.29, 1.82) is 0 Å². The molecule has 150 valence electrons. The quantitative estimate of drug-likeness (QED) is 0.292. The van der Waals surface area contributed by atoms with E-state index in [-0.39, 0.29) is 11.9 Å². The van der Waals surface area contributed by atoms with Crippen molar-refractivity contribution < 1.29 is 4.79 Å². The van der Waals surface area contributed by atoms with Crippen molar-refractivity contribution in [3.63, 3.8) is 0 Å². The van der Waals surface area contributed by atoms with E-state index >= 15 is 0 Å². The third kappa shape index (κ3) is 4.46. The Morgan fingerprint density at radius 3 is 3.03 bits per heavy atom. The molecule has 29 heavy (non-hydrogen) atoms. The maximum Gasteiger partial charge on any atom is 0.261 e. The highest BCUT2D eigenvalue weighted by Gasteiger charge is 2.18. The van der Waals surface area contributed by atoms with Gasteiger partial charge in [0.25, 0.3) is 5.91 Å². The van der Waals surface area contributed by atoms with Crippen molar-refractivity contribution in [2.24, 2.45) is 0 Å². The maximum absolute atomic E-state index is 13.0. The average Bonchev–Trinajstić information content (AvgIpc) is 3.35. The molecule has 0 aliphatic carbocycles. The van der Waals surface area contributed by atoms with Gasteiger partial charge in [0.2, 0.25) is 0 Å². The van der Waals surface area contributed by atoms with E-state index in [1.807, 2.05) is 18.4 Å². The number of amides is 1. The van der Waals surface area contributed by atoms with Gasteiger partial charge in [0.15, 0.2) is 5.16 Å². The Kier molecular flexibility index (Phi) is 6.16. The number of unbranched alkanes of at least 4 members (excludes halogenated alkanes) is 1. The average molecular weight is 425 g/mol. The van der Waals surface area contributed by atoms with Crippen LogP contribution in [0.25, 0.3) is 21.1 Å². The zero-order valence-corrected chi connectivity index (χ0v) is 18.2. The number of carbonyl (C=O) groups is 1. The SMILES string of the molecule is CCCCC(Cc1c[nH]c2ccccc12)NC(=O)c1cc2cnc(SC)nc2s1. The summed E-state index contributed by atoms with van der Waals surface area (Å²) in [6.45, 7) is 2.18. The van der Waals surface area contributed by atoms with Gasteiger partial charge in [0.1, 0.15) is 4.83 Å². The molecule has 0 radical (unpaired) electrons. The number of rotatable bonds is 8. The molecule has 0 saturated carbocycles. The van der Waals surface area contributed by atoms with Gasteiger partial charge < -0.3 is 10.3 Å². The fraction of sp³-hybridized carbons (Fsp3) is 0.318. The normalized spacial score (nSPS) is 12.5. The fourth-order valence-corrected chi connectivity index (χ4v) is 4.83. The molecule has 0 saturated heterocycles. The number of thiophene rings is 1. The largest absolute Gasteiger partial charge is 0.361 e. The van der Waals surface area contributed by atoms with E-state index in [1.165, 1.54) is 34.0 Å². The van der Waals surface area contributed by atoms with Gasteiger partial charge >= 0.3 is 0 Å². The highest BCUT2D eigenvalue weighted by molar-refractivity contribution is 7.98. The van der Waals surface area contributed by atoms with Crippen LogP contribution in [0.5, 0.6) is 0 Å². The topological polar surface area (TPSA) is 70.7 Å². The monoisotopic (exact) mass is 424 g/mol. The van der Waals surface area contributed by atoms with Crippen LogP contribution < -0.4 is 5.32 Å². The van der Waals surface area contributed by atoms with Gasteiger partial charge in [0, 0.05) is 34.7 Å². The molecular weight excluding hydrogens is 400 g/mol. The molecule has 0 bridgehead atoms. The fourth-order valence-electron chi connectivity index (χ4n) is 3.52. The second-order valence-electron chi connectivity index (χ2n) is 7.10. The van der Waals surface area contributed by atoms with Gasteiger partial charge in [-0.1, -0.05) is 49.7 Å². The molecule has 1 unspecified atom stereocenters. The maximum atomic E-state index is 13.0. The molecule has 1 atom stereocenters. The van der Waals surface area contributed by atoms with Crippen molar-refractivity contribution >= 4 is 50.1 Å². The van der Waals surface area contributed by atoms with E-state index in [0.29, 0.717) is 4.88 Å². The van der Waals surface area contributed by atoms with Crippen molar-refractivity contribution in [1.82, 2.24) is 20.3 Å². The molecule has 3 heterocycles. The summed E-state index contributed by atoms with van der Waals surface area (Å²) in [7, 11) is 0. The van der Waals surface area contributed by atoms with Gasteiger partial charge in [-0.3, -0.25) is 4.79 Å². The number of carbonyl (C=O) groups excluding carboxylic acids is 1. The number of fused-ring (bicyclic) bond motifs is 2. The number of H-pyrrole nitrogens is 1. The van der Waals surface area contributed by atoms with Crippen molar-refractivity contribution in [2.75, 3.05) is 6.26 Å². The summed E-state index contributed by atoms with van der Waals surface area (Å²) in [5.41, 5.74) is 2.38. The molecule has 1 aromatic carbocycles. The molecule has 0 spiro atoms. The van der Waals surface area contributed by atoms with E-state index < -0.39 is 0 Å². The summed E-state index contributed by atoms with van der Waals surface area (Å²) in [4.78, 5) is 26.7. The van der Waals surface area contributed by atoms with Crippen LogP contribution in [0.3, 0.4) is 0 Å². The Morgan fingerprint density at radius 1 is 1.34 bits per heavy atom. The van der Waals surface area contributed by atoms with Crippen molar-refractivity contribution in [3.8, 4) is 0 Å². The van der Waals surface area contributed by atoms with E-state index in [4.69, 9.17) is 0 Å². The lowest BCUT2D eigenvalue weighted by molar-refractivity contribution is 0.0938. The first-order valence-corrected chi connectivity index (χ1v) is 11.9. The molecule has 3 aromatic heterocycles. The van der Waals surface area contributed by atoms with Crippen LogP contribution in [-0.4, -0.2) is 33.2 Å². The first kappa shape index (κ1) is 19.9. The molecule has 7 heteroatoms. The molecular formula is C22H24N4OS2. The summed E-state index contributed by atoms with van der Waals surface area (Å²) in [5, 5.41) is 6.14. The highest BCUT2D eigenvalue weighted by atomic mass is 32.2. The molecule has 1 amide bonds. The lowest BCUT2D eigenvalue weighted by Crippen LogP contribution is -2.36. The number of aromatic nitrogens is 3. The Morgan fingerprint density at radius 2 is 2.21 bits per heavy atom. The number of thioether (sulfide) groups is 1. The molecule has 4 aromatic rings. The van der Waals surface area contributed by atoms with Gasteiger partial charge in [0.05, 0.1) is 4.88 Å². The number of nitrogens with zero attached hydrogens (tertiary/aromatic N) is 2. The van der Waals surface area contributed by atoms with E-state index in [1.54, 1.807) is 6.20 Å². The van der Waals surface area contributed by atoms with Gasteiger partial charge in [-0.15, -0.1) is 11.3 Å². The van der Waals surface area contributed by atoms with Crippen molar-refractivity contribution in [2.45, 2.75) is 43.8 Å². The van der Waals surface area contributed by atoms with Crippen molar-refractivity contribution in [3.05, 3.63) is 53.2 Å². The van der Waals surface area contributed by atoms with Crippen LogP contribution >= 0.6 is 23.1 Å². The Balaban J connectivity index is 1.53. The Labute approximate surface area is 178 Å². The zero-order valence-electron chi connectivity index (χ0n) is 16.6. The summed E-state index contributed by atoms with van der Waals surface area (Å²) in [6, 6.07) is 10.3. The Bertz CT molecular complexity index is 1130. The highest BCUT2D eigenvalue weighted by Crippen LogP contribution is 2.26. The third-order valence-electron chi connectivity index (χ3n) is 5.04. The molecule has 5 nitrogen and oxygen atoms in total. The van der Waals surface area contributed by atoms with Crippen LogP contribution in [0.2, 0.25) is 0 Å². The number of hydrogen-bond donors (Lipinski definition) is 2. The van der Waals surface area contributed by atoms with Crippen LogP contribution in [0.4, 0.5) is 0 Å². The third-order valence-corrected chi connectivity index (χ3v) is 6.65. The molecule has 4 rings (SSSR count). The number of hydrogen-bond acceptors (Lipinski definition) is 5. The molecule has 0 aliphatic heterocycles. The standard InChI is InChI=1S/C22H24N4OS2/c1-3-4-7-16(10-14-12-23-18-9-6-5-8-17(14)18)25-20(27)19-11-15-13-24-22(28-2)26-21(15)29-19/h5-6,8-9,11-13,16,23H,3-4,7,10H2,1-2H3,(H,25,27). The minimum atomic E-state index is -0.0281. The minimum absolute atomic E-state index is 0.0281. The van der Waals surface area contributed by atoms with Gasteiger partial charge in [-0.25, -0.2) is 9.97 Å². The Hall–Kier alpha value is -2.38. The van der Waals surface area contributed by atoms with Gasteiger partial charge in [-0.05, 0) is 36.8 Å². The predicted molar refractivity (Wildman–Crippen MR) is 122 cm³/mol. The summed E-state index contributed by atoms with van der Waals surface area (Å²) in [6.07, 6.45) is 9.78. The van der Waals surface area contributed by atoms with E-state index in [9.17, 15) is 4.79 Å². The van der Waals surface area contributed by atoms with Crippen LogP contribution in [0.15, 0.2) is 47.9 Å². The smallest absolute Gasteiger partial charge is 0.261 e. The lowest BCUT2D eigenvalue weighted by atomic mass is 10.0. The summed E-state index contributed by atoms with van der Waals surface area (Å²) < 4.78 is 0. The van der Waals surface area contributed by atoms with Gasteiger partial charge in [-0.2, -0.15) is 0 Å². The number of aromatic amines is 1. The summed E-state index contributed by atoms with van der Waals surface area (Å²) in [5.74, 6) is -0.0281. The van der Waals surface area contributed by atoms with Crippen LogP contribution in [-0.2, 0) is 6.42 Å². The van der Waals surface area contributed by atoms with E-state index in [0.717, 1.165) is 46.6 Å². The molecule has 0 aliphatic rings. The lowest BCUT2D eigenvalue weighted by Gasteiger charge is -2.18. The van der Waals surface area contributed by atoms with Crippen LogP contribution in [0.1, 0.15) is 41.4 Å². The predicted octanol–water partition coefficient (Wildman–Crippen LogP) is 5.43. The second kappa shape index (κ2) is 8.97. The first-order valence-electron chi connectivity index (χ1n) is 9.84. The number of para-hydroxylation sites is 1. The second-order valence-corrected chi connectivity index (χ2v) is 8.91.